The Kier molecular flexibility index (Phi) is 5.13. The van der Waals surface area contributed by atoms with Crippen LogP contribution in [-0.4, -0.2) is 17.0 Å². The molecule has 1 saturated heterocycles. The Labute approximate surface area is 157 Å². The summed E-state index contributed by atoms with van der Waals surface area (Å²) in [5.41, 5.74) is 1.21. The molecule has 0 saturated carbocycles. The van der Waals surface area contributed by atoms with E-state index >= 15 is 0 Å². The zero-order chi connectivity index (χ0) is 18.0. The molecule has 3 rings (SSSR count). The first-order valence-electron chi connectivity index (χ1n) is 6.99. The van der Waals surface area contributed by atoms with E-state index in [-0.39, 0.29) is 11.5 Å². The van der Waals surface area contributed by atoms with Gasteiger partial charge in [-0.3, -0.25) is 4.79 Å². The zero-order valence-electron chi connectivity index (χ0n) is 12.5. The number of rotatable bonds is 3. The number of nitrogens with zero attached hydrogens (tertiary/aromatic N) is 1. The van der Waals surface area contributed by atoms with Crippen molar-refractivity contribution >= 4 is 63.8 Å². The van der Waals surface area contributed by atoms with Crippen molar-refractivity contribution in [2.45, 2.75) is 0 Å². The van der Waals surface area contributed by atoms with Gasteiger partial charge in [-0.25, -0.2) is 4.99 Å². The van der Waals surface area contributed by atoms with Gasteiger partial charge in [-0.1, -0.05) is 53.5 Å². The van der Waals surface area contributed by atoms with E-state index in [0.29, 0.717) is 31.4 Å². The van der Waals surface area contributed by atoms with Gasteiger partial charge in [0.2, 0.25) is 0 Å². The molecule has 1 N–H and O–H groups in total. The molecule has 1 aliphatic heterocycles. The molecule has 1 aliphatic rings. The molecule has 0 bridgehead atoms. The number of amidine groups is 1. The summed E-state index contributed by atoms with van der Waals surface area (Å²) in [6, 6.07) is 11.1. The molecule has 0 radical (unpaired) electrons. The third kappa shape index (κ3) is 4.04. The zero-order valence-corrected chi connectivity index (χ0v) is 14.8. The lowest BCUT2D eigenvalue weighted by molar-refractivity contribution is -0.255. The van der Waals surface area contributed by atoms with E-state index in [0.717, 1.165) is 11.8 Å². The van der Waals surface area contributed by atoms with Crippen LogP contribution in [0.15, 0.2) is 52.4 Å². The van der Waals surface area contributed by atoms with Crippen molar-refractivity contribution in [1.82, 2.24) is 5.32 Å². The minimum atomic E-state index is -1.25. The van der Waals surface area contributed by atoms with Crippen LogP contribution < -0.4 is 10.4 Å². The van der Waals surface area contributed by atoms with Crippen molar-refractivity contribution in [3.05, 3.63) is 68.5 Å². The Morgan fingerprint density at radius 1 is 1.16 bits per heavy atom. The number of hydrogen-bond acceptors (Lipinski definition) is 5. The van der Waals surface area contributed by atoms with Crippen molar-refractivity contribution in [3.8, 4) is 0 Å². The molecular weight excluding hydrogens is 383 g/mol. The molecule has 0 spiro atoms. The average molecular weight is 392 g/mol. The Bertz CT molecular complexity index is 924. The van der Waals surface area contributed by atoms with Gasteiger partial charge < -0.3 is 15.2 Å². The number of benzene rings is 2. The van der Waals surface area contributed by atoms with Crippen LogP contribution in [0, 0.1) is 0 Å². The lowest BCUT2D eigenvalue weighted by atomic mass is 10.1. The predicted octanol–water partition coefficient (Wildman–Crippen LogP) is 3.25. The molecule has 1 heterocycles. The Morgan fingerprint density at radius 2 is 1.88 bits per heavy atom. The first-order chi connectivity index (χ1) is 11.9. The fraction of sp³-hybridized carbons (Fsp3) is 0. The van der Waals surface area contributed by atoms with Gasteiger partial charge in [0.05, 0.1) is 26.6 Å². The Hall–Kier alpha value is -2.28. The maximum absolute atomic E-state index is 12.1. The average Bonchev–Trinajstić information content (AvgIpc) is 2.92. The van der Waals surface area contributed by atoms with Crippen molar-refractivity contribution in [2.75, 3.05) is 0 Å². The summed E-state index contributed by atoms with van der Waals surface area (Å²) in [6.07, 6.45) is 1.64. The Balaban J connectivity index is 1.83. The van der Waals surface area contributed by atoms with Crippen LogP contribution in [0.2, 0.25) is 10.0 Å². The van der Waals surface area contributed by atoms with Gasteiger partial charge in [0, 0.05) is 0 Å². The van der Waals surface area contributed by atoms with Crippen LogP contribution >= 0.6 is 35.0 Å². The second kappa shape index (κ2) is 7.31. The van der Waals surface area contributed by atoms with Gasteiger partial charge in [0.15, 0.2) is 5.17 Å². The normalized spacial score (nSPS) is 17.1. The number of thioether (sulfide) groups is 1. The molecule has 8 heteroatoms. The largest absolute Gasteiger partial charge is 0.545 e. The number of carboxylic acids is 1. The highest BCUT2D eigenvalue weighted by Gasteiger charge is 2.24. The molecule has 126 valence electrons. The van der Waals surface area contributed by atoms with Crippen LogP contribution in [0.3, 0.4) is 0 Å². The number of amides is 1. The molecule has 0 aliphatic carbocycles. The molecule has 1 amide bonds. The van der Waals surface area contributed by atoms with Crippen LogP contribution in [0.25, 0.3) is 6.08 Å². The monoisotopic (exact) mass is 391 g/mol. The number of halogens is 2. The van der Waals surface area contributed by atoms with E-state index < -0.39 is 5.97 Å². The number of nitrogens with one attached hydrogen (secondary N) is 1. The predicted molar refractivity (Wildman–Crippen MR) is 98.0 cm³/mol. The molecular formula is C17H9Cl2N2O3S-. The number of aromatic carboxylic acids is 1. The summed E-state index contributed by atoms with van der Waals surface area (Å²) >= 11 is 13.2. The standard InChI is InChI=1S/C17H10Cl2N2O3S/c18-11-2-1-3-12(14(11)19)20-17-21-15(22)13(25-17)8-9-4-6-10(7-5-9)16(23)24/h1-8H,(H,23,24)(H,20,21,22)/p-1/b13-8+. The highest BCUT2D eigenvalue weighted by molar-refractivity contribution is 8.18. The second-order valence-corrected chi connectivity index (χ2v) is 6.78. The number of carbonyl (C=O) groups excluding carboxylic acids is 2. The van der Waals surface area contributed by atoms with E-state index in [1.165, 1.54) is 12.1 Å². The maximum Gasteiger partial charge on any atom is 0.264 e. The van der Waals surface area contributed by atoms with Gasteiger partial charge in [-0.2, -0.15) is 0 Å². The summed E-state index contributed by atoms with van der Waals surface area (Å²) in [6.45, 7) is 0. The third-order valence-corrected chi connectivity index (χ3v) is 4.97. The molecule has 0 atom stereocenters. The number of carboxylic acid groups (broad SMARTS) is 1. The highest BCUT2D eigenvalue weighted by Crippen LogP contribution is 2.34. The maximum atomic E-state index is 12.1. The van der Waals surface area contributed by atoms with Gasteiger partial charge >= 0.3 is 0 Å². The highest BCUT2D eigenvalue weighted by atomic mass is 35.5. The van der Waals surface area contributed by atoms with Gasteiger partial charge in [-0.15, -0.1) is 0 Å². The third-order valence-electron chi connectivity index (χ3n) is 3.25. The van der Waals surface area contributed by atoms with Crippen LogP contribution in [0.1, 0.15) is 15.9 Å². The second-order valence-electron chi connectivity index (χ2n) is 4.96. The summed E-state index contributed by atoms with van der Waals surface area (Å²) in [5.74, 6) is -1.55. The van der Waals surface area contributed by atoms with Crippen molar-refractivity contribution in [1.29, 1.82) is 0 Å². The SMILES string of the molecule is O=C1NC(=Nc2cccc(Cl)c2Cl)S/C1=C/c1ccc(C(=O)[O-])cc1. The van der Waals surface area contributed by atoms with Gasteiger partial charge in [-0.05, 0) is 41.1 Å². The molecule has 2 aromatic carbocycles. The number of hydrogen-bond donors (Lipinski definition) is 1. The molecule has 0 aromatic heterocycles. The summed E-state index contributed by atoms with van der Waals surface area (Å²) in [4.78, 5) is 27.5. The van der Waals surface area contributed by atoms with E-state index in [4.69, 9.17) is 23.2 Å². The molecule has 0 unspecified atom stereocenters. The van der Waals surface area contributed by atoms with Crippen LogP contribution in [0.4, 0.5) is 5.69 Å². The quantitative estimate of drug-likeness (QED) is 0.814. The summed E-state index contributed by atoms with van der Waals surface area (Å²) in [5, 5.41) is 14.5. The van der Waals surface area contributed by atoms with Gasteiger partial charge in [0.25, 0.3) is 5.91 Å². The van der Waals surface area contributed by atoms with Gasteiger partial charge in [0.1, 0.15) is 0 Å². The minimum absolute atomic E-state index is 0.0727. The van der Waals surface area contributed by atoms with Crippen molar-refractivity contribution in [3.63, 3.8) is 0 Å². The first-order valence-corrected chi connectivity index (χ1v) is 8.56. The topological polar surface area (TPSA) is 81.6 Å². The summed E-state index contributed by atoms with van der Waals surface area (Å²) < 4.78 is 0. The van der Waals surface area contributed by atoms with Crippen molar-refractivity contribution in [2.24, 2.45) is 4.99 Å². The fourth-order valence-electron chi connectivity index (χ4n) is 2.04. The number of carbonyl (C=O) groups is 2. The molecule has 5 nitrogen and oxygen atoms in total. The minimum Gasteiger partial charge on any atom is -0.545 e. The Morgan fingerprint density at radius 3 is 2.56 bits per heavy atom. The van der Waals surface area contributed by atoms with Crippen LogP contribution in [0.5, 0.6) is 0 Å². The van der Waals surface area contributed by atoms with E-state index in [9.17, 15) is 14.7 Å². The first kappa shape index (κ1) is 17.5. The molecule has 25 heavy (non-hydrogen) atoms. The van der Waals surface area contributed by atoms with E-state index in [2.05, 4.69) is 10.3 Å². The van der Waals surface area contributed by atoms with E-state index in [1.807, 2.05) is 0 Å². The fourth-order valence-corrected chi connectivity index (χ4v) is 3.21. The van der Waals surface area contributed by atoms with E-state index in [1.54, 1.807) is 36.4 Å². The summed E-state index contributed by atoms with van der Waals surface area (Å²) in [7, 11) is 0. The lowest BCUT2D eigenvalue weighted by Gasteiger charge is -2.02. The molecule has 1 fully saturated rings. The smallest absolute Gasteiger partial charge is 0.264 e. The lowest BCUT2D eigenvalue weighted by Crippen LogP contribution is -2.21. The van der Waals surface area contributed by atoms with Crippen LogP contribution in [-0.2, 0) is 4.79 Å². The number of aliphatic imine (C=N–C) groups is 1. The molecule has 2 aromatic rings. The van der Waals surface area contributed by atoms with Crippen molar-refractivity contribution < 1.29 is 14.7 Å².